The smallest absolute Gasteiger partial charge is 0.244 e. The maximum absolute atomic E-state index is 12.7. The van der Waals surface area contributed by atoms with Gasteiger partial charge in [-0.05, 0) is 30.8 Å². The SMILES string of the molecule is CCN(Cc1ccncc1)S(=O)(=O)c1csc(CNC)c1. The fraction of sp³-hybridized carbons (Fsp3) is 0.357. The van der Waals surface area contributed by atoms with Gasteiger partial charge in [-0.3, -0.25) is 4.98 Å². The lowest BCUT2D eigenvalue weighted by atomic mass is 10.3. The molecule has 2 aromatic rings. The van der Waals surface area contributed by atoms with E-state index >= 15 is 0 Å². The third-order valence-corrected chi connectivity index (χ3v) is 6.06. The number of pyridine rings is 1. The Hall–Kier alpha value is -1.28. The second-order valence-electron chi connectivity index (χ2n) is 4.57. The third-order valence-electron chi connectivity index (χ3n) is 3.08. The number of nitrogens with one attached hydrogen (secondary N) is 1. The number of sulfonamides is 1. The fourth-order valence-electron chi connectivity index (χ4n) is 1.97. The third kappa shape index (κ3) is 3.88. The van der Waals surface area contributed by atoms with Gasteiger partial charge < -0.3 is 5.32 Å². The maximum atomic E-state index is 12.7. The van der Waals surface area contributed by atoms with Crippen LogP contribution in [0.4, 0.5) is 0 Å². The predicted molar refractivity (Wildman–Crippen MR) is 84.6 cm³/mol. The molecule has 114 valence electrons. The molecule has 0 aromatic carbocycles. The highest BCUT2D eigenvalue weighted by Gasteiger charge is 2.24. The summed E-state index contributed by atoms with van der Waals surface area (Å²) in [4.78, 5) is 5.33. The second kappa shape index (κ2) is 7.13. The van der Waals surface area contributed by atoms with Crippen LogP contribution in [0.5, 0.6) is 0 Å². The Kier molecular flexibility index (Phi) is 5.46. The van der Waals surface area contributed by atoms with Gasteiger partial charge in [0.15, 0.2) is 0 Å². The lowest BCUT2D eigenvalue weighted by molar-refractivity contribution is 0.423. The number of thiophene rings is 1. The van der Waals surface area contributed by atoms with E-state index in [9.17, 15) is 8.42 Å². The van der Waals surface area contributed by atoms with Crippen LogP contribution in [0.1, 0.15) is 17.4 Å². The minimum Gasteiger partial charge on any atom is -0.315 e. The van der Waals surface area contributed by atoms with E-state index in [0.29, 0.717) is 24.5 Å². The monoisotopic (exact) mass is 325 g/mol. The molecule has 0 amide bonds. The van der Waals surface area contributed by atoms with E-state index in [2.05, 4.69) is 10.3 Å². The molecule has 7 heteroatoms. The minimum atomic E-state index is -3.45. The zero-order valence-corrected chi connectivity index (χ0v) is 13.7. The standard InChI is InChI=1S/C14H19N3O2S2/c1-3-17(10-12-4-6-16-7-5-12)21(18,19)14-8-13(9-15-2)20-11-14/h4-8,11,15H,3,9-10H2,1-2H3. The molecule has 0 aliphatic heterocycles. The Morgan fingerprint density at radius 3 is 2.67 bits per heavy atom. The van der Waals surface area contributed by atoms with Crippen LogP contribution in [0.2, 0.25) is 0 Å². The van der Waals surface area contributed by atoms with Gasteiger partial charge in [0.25, 0.3) is 0 Å². The molecule has 5 nitrogen and oxygen atoms in total. The predicted octanol–water partition coefficient (Wildman–Crippen LogP) is 2.07. The summed E-state index contributed by atoms with van der Waals surface area (Å²) in [5.74, 6) is 0. The molecular weight excluding hydrogens is 306 g/mol. The summed E-state index contributed by atoms with van der Waals surface area (Å²) in [7, 11) is -1.61. The van der Waals surface area contributed by atoms with Crippen LogP contribution in [-0.2, 0) is 23.1 Å². The van der Waals surface area contributed by atoms with Gasteiger partial charge in [-0.1, -0.05) is 6.92 Å². The molecule has 0 bridgehead atoms. The molecular formula is C14H19N3O2S2. The Labute approximate surface area is 129 Å². The van der Waals surface area contributed by atoms with Gasteiger partial charge in [-0.2, -0.15) is 4.31 Å². The van der Waals surface area contributed by atoms with E-state index in [-0.39, 0.29) is 0 Å². The van der Waals surface area contributed by atoms with Crippen molar-refractivity contribution >= 4 is 21.4 Å². The largest absolute Gasteiger partial charge is 0.315 e. The van der Waals surface area contributed by atoms with Gasteiger partial charge in [0.05, 0.1) is 4.90 Å². The van der Waals surface area contributed by atoms with Crippen LogP contribution in [0.3, 0.4) is 0 Å². The van der Waals surface area contributed by atoms with Crippen molar-refractivity contribution in [2.75, 3.05) is 13.6 Å². The van der Waals surface area contributed by atoms with Crippen molar-refractivity contribution in [3.63, 3.8) is 0 Å². The first-order chi connectivity index (χ1) is 10.1. The van der Waals surface area contributed by atoms with Crippen LogP contribution in [0, 0.1) is 0 Å². The highest BCUT2D eigenvalue weighted by molar-refractivity contribution is 7.89. The molecule has 2 aromatic heterocycles. The Balaban J connectivity index is 2.22. The van der Waals surface area contributed by atoms with Crippen molar-refractivity contribution in [1.82, 2.24) is 14.6 Å². The van der Waals surface area contributed by atoms with Gasteiger partial charge in [-0.15, -0.1) is 11.3 Å². The summed E-state index contributed by atoms with van der Waals surface area (Å²) >= 11 is 1.46. The molecule has 0 atom stereocenters. The summed E-state index contributed by atoms with van der Waals surface area (Å²) in [5, 5.41) is 4.73. The molecule has 21 heavy (non-hydrogen) atoms. The first-order valence-electron chi connectivity index (χ1n) is 6.69. The van der Waals surface area contributed by atoms with E-state index in [1.54, 1.807) is 23.8 Å². The average molecular weight is 325 g/mol. The first kappa shape index (κ1) is 16.1. The number of rotatable bonds is 7. The number of hydrogen-bond donors (Lipinski definition) is 1. The lowest BCUT2D eigenvalue weighted by Gasteiger charge is -2.19. The normalized spacial score (nSPS) is 12.0. The molecule has 0 saturated heterocycles. The zero-order valence-electron chi connectivity index (χ0n) is 12.1. The second-order valence-corrected chi connectivity index (χ2v) is 7.50. The highest BCUT2D eigenvalue weighted by Crippen LogP contribution is 2.23. The maximum Gasteiger partial charge on any atom is 0.244 e. The van der Waals surface area contributed by atoms with Crippen molar-refractivity contribution in [2.24, 2.45) is 0 Å². The highest BCUT2D eigenvalue weighted by atomic mass is 32.2. The van der Waals surface area contributed by atoms with Crippen molar-refractivity contribution < 1.29 is 8.42 Å². The molecule has 0 saturated carbocycles. The van der Waals surface area contributed by atoms with Crippen LogP contribution in [0.15, 0.2) is 40.9 Å². The summed E-state index contributed by atoms with van der Waals surface area (Å²) in [6, 6.07) is 5.40. The Bertz CT molecular complexity index is 669. The van der Waals surface area contributed by atoms with Crippen LogP contribution in [0.25, 0.3) is 0 Å². The molecule has 2 heterocycles. The molecule has 0 aliphatic carbocycles. The molecule has 0 spiro atoms. The Morgan fingerprint density at radius 2 is 2.05 bits per heavy atom. The van der Waals surface area contributed by atoms with Crippen molar-refractivity contribution in [1.29, 1.82) is 0 Å². The summed E-state index contributed by atoms with van der Waals surface area (Å²) in [5.41, 5.74) is 0.932. The van der Waals surface area contributed by atoms with E-state index < -0.39 is 10.0 Å². The molecule has 0 unspecified atom stereocenters. The van der Waals surface area contributed by atoms with Gasteiger partial charge >= 0.3 is 0 Å². The molecule has 0 radical (unpaired) electrons. The topological polar surface area (TPSA) is 62.3 Å². The van der Waals surface area contributed by atoms with Gasteiger partial charge in [0.1, 0.15) is 0 Å². The quantitative estimate of drug-likeness (QED) is 0.846. The summed E-state index contributed by atoms with van der Waals surface area (Å²) in [6.45, 7) is 3.32. The van der Waals surface area contributed by atoms with E-state index in [4.69, 9.17) is 0 Å². The van der Waals surface area contributed by atoms with Crippen molar-refractivity contribution in [3.8, 4) is 0 Å². The van der Waals surface area contributed by atoms with E-state index in [0.717, 1.165) is 10.4 Å². The van der Waals surface area contributed by atoms with Crippen molar-refractivity contribution in [2.45, 2.75) is 24.9 Å². The molecule has 0 fully saturated rings. The fourth-order valence-corrected chi connectivity index (χ4v) is 4.68. The van der Waals surface area contributed by atoms with Crippen LogP contribution in [-0.4, -0.2) is 31.3 Å². The molecule has 0 aliphatic rings. The van der Waals surface area contributed by atoms with Gasteiger partial charge in [0, 0.05) is 42.3 Å². The Morgan fingerprint density at radius 1 is 1.33 bits per heavy atom. The molecule has 2 rings (SSSR count). The summed E-state index contributed by atoms with van der Waals surface area (Å²) < 4.78 is 26.8. The van der Waals surface area contributed by atoms with Gasteiger partial charge in [-0.25, -0.2) is 8.42 Å². The first-order valence-corrected chi connectivity index (χ1v) is 9.01. The van der Waals surface area contributed by atoms with Crippen LogP contribution < -0.4 is 5.32 Å². The lowest BCUT2D eigenvalue weighted by Crippen LogP contribution is -2.30. The van der Waals surface area contributed by atoms with Crippen molar-refractivity contribution in [3.05, 3.63) is 46.4 Å². The average Bonchev–Trinajstić information content (AvgIpc) is 2.95. The number of nitrogens with zero attached hydrogens (tertiary/aromatic N) is 2. The van der Waals surface area contributed by atoms with E-state index in [1.165, 1.54) is 15.6 Å². The molecule has 1 N–H and O–H groups in total. The van der Waals surface area contributed by atoms with E-state index in [1.807, 2.05) is 26.1 Å². The summed E-state index contributed by atoms with van der Waals surface area (Å²) in [6.07, 6.45) is 3.34. The van der Waals surface area contributed by atoms with Gasteiger partial charge in [0.2, 0.25) is 10.0 Å². The van der Waals surface area contributed by atoms with Crippen LogP contribution >= 0.6 is 11.3 Å². The number of aromatic nitrogens is 1. The minimum absolute atomic E-state index is 0.360. The number of hydrogen-bond acceptors (Lipinski definition) is 5. The zero-order chi connectivity index (χ0) is 15.3.